The van der Waals surface area contributed by atoms with Crippen molar-refractivity contribution in [1.82, 2.24) is 0 Å². The summed E-state index contributed by atoms with van der Waals surface area (Å²) in [6.07, 6.45) is 33.7. The topological polar surface area (TPSA) is 25.0 Å². The molecule has 10 aromatic carbocycles. The van der Waals surface area contributed by atoms with E-state index in [1.54, 1.807) is 0 Å². The van der Waals surface area contributed by atoms with Crippen molar-refractivity contribution < 1.29 is 18.3 Å². The lowest BCUT2D eigenvalue weighted by molar-refractivity contribution is -0.451. The van der Waals surface area contributed by atoms with E-state index in [0.29, 0.717) is 0 Å². The van der Waals surface area contributed by atoms with E-state index in [-0.39, 0.29) is 51.4 Å². The van der Waals surface area contributed by atoms with Crippen molar-refractivity contribution in [2.75, 3.05) is 98.1 Å². The molecule has 0 spiro atoms. The van der Waals surface area contributed by atoms with E-state index in [9.17, 15) is 0 Å². The van der Waals surface area contributed by atoms with Crippen molar-refractivity contribution in [3.05, 3.63) is 287 Å². The fourth-order valence-corrected chi connectivity index (χ4v) is 20.2. The molecule has 18 rings (SSSR count). The monoisotopic (exact) mass is 1540 g/mol. The number of benzene rings is 10. The average molecular weight is 1540 g/mol. The molecule has 0 N–H and O–H groups in total. The highest BCUT2D eigenvalue weighted by molar-refractivity contribution is 6.11. The first-order valence-electron chi connectivity index (χ1n) is 42.5. The summed E-state index contributed by atoms with van der Waals surface area (Å²) in [4.78, 5) is 10.0. The van der Waals surface area contributed by atoms with Crippen LogP contribution in [0, 0.1) is 0 Å². The number of para-hydroxylation sites is 2. The molecule has 0 aromatic heterocycles. The van der Waals surface area contributed by atoms with E-state index in [2.05, 4.69) is 360 Å². The maximum Gasteiger partial charge on any atom is 0.210 e. The average Bonchev–Trinajstić information content (AvgIpc) is 1.58. The van der Waals surface area contributed by atoms with Crippen LogP contribution in [-0.2, 0) is 21.7 Å². The Balaban J connectivity index is 0.000000197. The van der Waals surface area contributed by atoms with Gasteiger partial charge in [-0.15, -0.1) is 0 Å². The minimum Gasteiger partial charge on any atom is -0.372 e. The molecule has 0 amide bonds. The Morgan fingerprint density at radius 1 is 0.250 bits per heavy atom. The molecule has 8 nitrogen and oxygen atoms in total. The molecule has 0 saturated carbocycles. The van der Waals surface area contributed by atoms with Crippen LogP contribution in [0.25, 0.3) is 45.8 Å². The van der Waals surface area contributed by atoms with Crippen LogP contribution in [0.15, 0.2) is 243 Å². The van der Waals surface area contributed by atoms with Gasteiger partial charge in [0, 0.05) is 172 Å². The summed E-state index contributed by atoms with van der Waals surface area (Å²) in [5, 5.41) is 5.36. The van der Waals surface area contributed by atoms with Crippen LogP contribution in [0.3, 0.4) is 0 Å². The fraction of sp³-hybridized carbons (Fsp3) is 0.370. The number of anilines is 4. The molecule has 4 saturated heterocycles. The number of hydrogen-bond donors (Lipinski definition) is 0. The minimum atomic E-state index is -0.139. The summed E-state index contributed by atoms with van der Waals surface area (Å²) in [5.41, 5.74) is 26.7. The summed E-state index contributed by atoms with van der Waals surface area (Å²) in [6.45, 7) is 32.6. The standard InChI is InChI=1S/C56H60N4.C48H56N4.4CH4/c1-55(2)51(33-23-41-19-27-45(28-20-41)57-35-9-10-36-57)59(49-31-25-43-15-5-7-17-47(43)53(49)55)39-13-14-40-60-50-32-26-44-16-6-8-18-48(44)54(50)56(3,4)52(60)34-24-42-21-29-46(30-22-42)58-37-11-12-38-58;1-47(2)41-15-5-7-17-43(41)51(45(47)29-23-37-19-25-39(26-20-37)49-31-9-10-32-49)35-13-14-36-52-44-18-8-6-16-42(44)48(3,4)46(52)30-24-38-21-27-40(28-22-38)50-33-11-12-34-50;;;;/h5-8,15-34H,9-14,35-40H2,1-4H3;5-8,15-30H,9-14,31-36H2,1-4H3;4*1H4/q2*+2;;;;. The SMILES string of the molecule is C.C.C.C.CC1(C)C(/C=C/c2ccc(N3CCCC3)cc2)=[N+](CCCC[N+]2=C(/C=C/c3ccc(N4CCCC4)cc3)C(C)(C)c3c2ccc2ccccc32)c2ccc3ccccc3c21.CC1(C)C(/C=C/c2ccc(N3CCCC3)cc2)=[N+](CCCC[N+]2=C(/C=C/c3ccc(N4CCCC4)cc3)C(C)(C)c3ccccc32)c2ccccc21. The van der Waals surface area contributed by atoms with Crippen molar-refractivity contribution in [3.63, 3.8) is 0 Å². The number of unbranched alkanes of at least 4 members (excludes halogenated alkanes) is 2. The van der Waals surface area contributed by atoms with Crippen molar-refractivity contribution in [2.24, 2.45) is 0 Å². The van der Waals surface area contributed by atoms with Gasteiger partial charge >= 0.3 is 0 Å². The van der Waals surface area contributed by atoms with Crippen LogP contribution in [-0.4, -0.2) is 120 Å². The summed E-state index contributed by atoms with van der Waals surface area (Å²) in [6, 6.07) is 82.1. The first-order chi connectivity index (χ1) is 54.6. The molecule has 8 aliphatic heterocycles. The molecule has 0 aliphatic carbocycles. The third-order valence-corrected chi connectivity index (χ3v) is 26.3. The van der Waals surface area contributed by atoms with Gasteiger partial charge in [-0.05, 0) is 236 Å². The van der Waals surface area contributed by atoms with E-state index in [0.717, 1.165) is 51.9 Å². The second-order valence-electron chi connectivity index (χ2n) is 34.9. The van der Waals surface area contributed by atoms with E-state index >= 15 is 0 Å². The zero-order valence-electron chi connectivity index (χ0n) is 68.0. The molecule has 116 heavy (non-hydrogen) atoms. The molecule has 0 radical (unpaired) electrons. The highest BCUT2D eigenvalue weighted by Crippen LogP contribution is 2.48. The maximum atomic E-state index is 2.64. The zero-order valence-corrected chi connectivity index (χ0v) is 68.0. The van der Waals surface area contributed by atoms with Crippen LogP contribution >= 0.6 is 0 Å². The molecular formula is C108H132N8+4. The van der Waals surface area contributed by atoms with Crippen molar-refractivity contribution >= 4 is 114 Å². The van der Waals surface area contributed by atoms with Crippen LogP contribution in [0.5, 0.6) is 0 Å². The summed E-state index contributed by atoms with van der Waals surface area (Å²) in [5.74, 6) is 0. The predicted octanol–water partition coefficient (Wildman–Crippen LogP) is 25.9. The van der Waals surface area contributed by atoms with E-state index < -0.39 is 0 Å². The minimum absolute atomic E-state index is 0. The third-order valence-electron chi connectivity index (χ3n) is 26.3. The first-order valence-corrected chi connectivity index (χ1v) is 42.5. The lowest BCUT2D eigenvalue weighted by Gasteiger charge is -2.18. The molecular weight excluding hydrogens is 1410 g/mol. The molecule has 600 valence electrons. The van der Waals surface area contributed by atoms with Crippen LogP contribution < -0.4 is 19.6 Å². The maximum absolute atomic E-state index is 2.64. The van der Waals surface area contributed by atoms with Gasteiger partial charge in [0.2, 0.25) is 22.7 Å². The number of rotatable bonds is 22. The molecule has 4 fully saturated rings. The summed E-state index contributed by atoms with van der Waals surface area (Å²) in [7, 11) is 0. The number of nitrogens with zero attached hydrogens (tertiary/aromatic N) is 8. The zero-order chi connectivity index (χ0) is 76.6. The normalized spacial score (nSPS) is 18.1. The van der Waals surface area contributed by atoms with Crippen molar-refractivity contribution in [1.29, 1.82) is 0 Å². The Hall–Kier alpha value is -10.4. The Morgan fingerprint density at radius 3 is 0.776 bits per heavy atom. The molecule has 8 heterocycles. The van der Waals surface area contributed by atoms with Gasteiger partial charge in [0.05, 0.1) is 21.7 Å². The Labute approximate surface area is 697 Å². The third kappa shape index (κ3) is 16.4. The van der Waals surface area contributed by atoms with Gasteiger partial charge in [-0.1, -0.05) is 163 Å². The second kappa shape index (κ2) is 35.6. The second-order valence-corrected chi connectivity index (χ2v) is 34.9. The predicted molar refractivity (Wildman–Crippen MR) is 505 cm³/mol. The quantitative estimate of drug-likeness (QED) is 0.0499. The smallest absolute Gasteiger partial charge is 0.210 e. The lowest BCUT2D eigenvalue weighted by Crippen LogP contribution is -2.29. The number of hydrogen-bond acceptors (Lipinski definition) is 4. The van der Waals surface area contributed by atoms with Gasteiger partial charge in [0.25, 0.3) is 0 Å². The molecule has 0 unspecified atom stereocenters. The largest absolute Gasteiger partial charge is 0.372 e. The Kier molecular flexibility index (Phi) is 25.6. The Morgan fingerprint density at radius 2 is 0.491 bits per heavy atom. The summed E-state index contributed by atoms with van der Waals surface area (Å²) < 4.78 is 10.5. The van der Waals surface area contributed by atoms with Crippen LogP contribution in [0.4, 0.5) is 45.5 Å². The Bertz CT molecular complexity index is 5060. The van der Waals surface area contributed by atoms with Gasteiger partial charge < -0.3 is 19.6 Å². The van der Waals surface area contributed by atoms with E-state index in [1.807, 2.05) is 0 Å². The highest BCUT2D eigenvalue weighted by Gasteiger charge is 2.49. The van der Waals surface area contributed by atoms with Gasteiger partial charge in [-0.3, -0.25) is 0 Å². The fourth-order valence-electron chi connectivity index (χ4n) is 20.2. The van der Waals surface area contributed by atoms with Crippen molar-refractivity contribution in [3.8, 4) is 0 Å². The van der Waals surface area contributed by atoms with E-state index in [1.165, 1.54) is 238 Å². The molecule has 0 bridgehead atoms. The van der Waals surface area contributed by atoms with Gasteiger partial charge in [-0.2, -0.15) is 18.3 Å². The number of fused-ring (bicyclic) bond motifs is 8. The molecule has 8 aliphatic rings. The van der Waals surface area contributed by atoms with Crippen molar-refractivity contribution in [2.45, 2.75) is 184 Å². The van der Waals surface area contributed by atoms with E-state index in [4.69, 9.17) is 0 Å². The molecule has 0 atom stereocenters. The highest BCUT2D eigenvalue weighted by atomic mass is 15.2. The van der Waals surface area contributed by atoms with Gasteiger partial charge in [-0.25, -0.2) is 0 Å². The molecule has 8 heteroatoms. The van der Waals surface area contributed by atoms with Crippen LogP contribution in [0.1, 0.15) is 207 Å². The van der Waals surface area contributed by atoms with Gasteiger partial charge in [0.1, 0.15) is 26.2 Å². The summed E-state index contributed by atoms with van der Waals surface area (Å²) >= 11 is 0. The molecule has 10 aromatic rings. The first kappa shape index (κ1) is 83.5. The lowest BCUT2D eigenvalue weighted by atomic mass is 9.79. The number of allylic oxidation sites excluding steroid dienone is 4. The van der Waals surface area contributed by atoms with Crippen LogP contribution in [0.2, 0.25) is 0 Å². The van der Waals surface area contributed by atoms with Gasteiger partial charge in [0.15, 0.2) is 22.8 Å².